The summed E-state index contributed by atoms with van der Waals surface area (Å²) in [7, 11) is 2.16. The molecule has 1 heterocycles. The van der Waals surface area contributed by atoms with Crippen molar-refractivity contribution in [3.63, 3.8) is 0 Å². The van der Waals surface area contributed by atoms with Crippen LogP contribution in [0.4, 0.5) is 0 Å². The van der Waals surface area contributed by atoms with Crippen LogP contribution in [0.2, 0.25) is 0 Å². The molecule has 1 saturated heterocycles. The number of likely N-dealkylation sites (tertiary alicyclic amines) is 1. The first-order chi connectivity index (χ1) is 7.62. The van der Waals surface area contributed by atoms with Crippen molar-refractivity contribution in [2.24, 2.45) is 5.73 Å². The summed E-state index contributed by atoms with van der Waals surface area (Å²) >= 11 is 0. The fourth-order valence-corrected chi connectivity index (χ4v) is 2.70. The zero-order valence-corrected chi connectivity index (χ0v) is 10.7. The molecule has 0 aromatic carbocycles. The Bertz CT molecular complexity index is 201. The first-order valence-corrected chi connectivity index (χ1v) is 6.39. The van der Waals surface area contributed by atoms with E-state index >= 15 is 0 Å². The summed E-state index contributed by atoms with van der Waals surface area (Å²) in [4.78, 5) is 2.35. The van der Waals surface area contributed by atoms with Crippen molar-refractivity contribution in [1.82, 2.24) is 10.2 Å². The van der Waals surface area contributed by atoms with Crippen molar-refractivity contribution in [3.05, 3.63) is 0 Å². The number of aliphatic hydroxyl groups excluding tert-OH is 1. The minimum Gasteiger partial charge on any atom is -0.396 e. The Kier molecular flexibility index (Phi) is 5.69. The normalized spacial score (nSPS) is 29.2. The molecule has 4 heteroatoms. The summed E-state index contributed by atoms with van der Waals surface area (Å²) < 4.78 is 0. The van der Waals surface area contributed by atoms with Crippen LogP contribution in [-0.4, -0.2) is 54.9 Å². The molecule has 0 aromatic heterocycles. The van der Waals surface area contributed by atoms with E-state index in [1.165, 1.54) is 13.0 Å². The highest BCUT2D eigenvalue weighted by Gasteiger charge is 2.33. The van der Waals surface area contributed by atoms with Gasteiger partial charge in [-0.25, -0.2) is 0 Å². The number of nitrogens with two attached hydrogens (primary N) is 1. The Morgan fingerprint density at radius 3 is 2.88 bits per heavy atom. The van der Waals surface area contributed by atoms with Crippen molar-refractivity contribution in [2.75, 3.05) is 33.3 Å². The molecule has 1 rings (SSSR count). The fourth-order valence-electron chi connectivity index (χ4n) is 2.70. The fraction of sp³-hybridized carbons (Fsp3) is 1.00. The van der Waals surface area contributed by atoms with Crippen LogP contribution >= 0.6 is 0 Å². The van der Waals surface area contributed by atoms with E-state index in [2.05, 4.69) is 24.2 Å². The maximum atomic E-state index is 8.82. The topological polar surface area (TPSA) is 61.5 Å². The standard InChI is InChI=1S/C12H27N3O/c1-11(5-3-8-16)14-12(9-13)6-4-7-15(2)10-12/h11,14,16H,3-10,13H2,1-2H3. The van der Waals surface area contributed by atoms with Crippen molar-refractivity contribution >= 4 is 0 Å². The second-order valence-corrected chi connectivity index (χ2v) is 5.24. The maximum absolute atomic E-state index is 8.82. The molecule has 4 nitrogen and oxygen atoms in total. The molecule has 4 N–H and O–H groups in total. The Balaban J connectivity index is 2.45. The SMILES string of the molecule is CC(CCCO)NC1(CN)CCCN(C)C1. The Morgan fingerprint density at radius 1 is 1.56 bits per heavy atom. The molecular formula is C12H27N3O. The Labute approximate surface area is 99.2 Å². The summed E-state index contributed by atoms with van der Waals surface area (Å²) in [6.07, 6.45) is 4.26. The van der Waals surface area contributed by atoms with Crippen molar-refractivity contribution in [2.45, 2.75) is 44.2 Å². The lowest BCUT2D eigenvalue weighted by atomic mass is 9.88. The predicted octanol–water partition coefficient (Wildman–Crippen LogP) is 0.160. The molecule has 0 saturated carbocycles. The molecule has 0 bridgehead atoms. The van der Waals surface area contributed by atoms with Gasteiger partial charge in [0.05, 0.1) is 0 Å². The highest BCUT2D eigenvalue weighted by atomic mass is 16.2. The van der Waals surface area contributed by atoms with Gasteiger partial charge in [-0.3, -0.25) is 0 Å². The molecule has 2 unspecified atom stereocenters. The zero-order valence-electron chi connectivity index (χ0n) is 10.7. The van der Waals surface area contributed by atoms with E-state index in [1.807, 2.05) is 0 Å². The van der Waals surface area contributed by atoms with Gasteiger partial charge in [0, 0.05) is 31.3 Å². The highest BCUT2D eigenvalue weighted by Crippen LogP contribution is 2.20. The van der Waals surface area contributed by atoms with Gasteiger partial charge >= 0.3 is 0 Å². The van der Waals surface area contributed by atoms with Gasteiger partial charge in [0.1, 0.15) is 0 Å². The Hall–Kier alpha value is -0.160. The second kappa shape index (κ2) is 6.55. The van der Waals surface area contributed by atoms with E-state index < -0.39 is 0 Å². The van der Waals surface area contributed by atoms with E-state index in [0.29, 0.717) is 12.6 Å². The number of nitrogens with zero attached hydrogens (tertiary/aromatic N) is 1. The third-order valence-electron chi connectivity index (χ3n) is 3.51. The zero-order chi connectivity index (χ0) is 12.0. The lowest BCUT2D eigenvalue weighted by Crippen LogP contribution is -2.62. The lowest BCUT2D eigenvalue weighted by molar-refractivity contribution is 0.135. The molecule has 96 valence electrons. The van der Waals surface area contributed by atoms with Gasteiger partial charge in [-0.2, -0.15) is 0 Å². The number of likely N-dealkylation sites (N-methyl/N-ethyl adjacent to an activating group) is 1. The average Bonchev–Trinajstić information content (AvgIpc) is 2.26. The molecule has 0 aliphatic carbocycles. The summed E-state index contributed by atoms with van der Waals surface area (Å²) in [5, 5.41) is 12.5. The van der Waals surface area contributed by atoms with Crippen molar-refractivity contribution in [1.29, 1.82) is 0 Å². The van der Waals surface area contributed by atoms with Crippen molar-refractivity contribution in [3.8, 4) is 0 Å². The van der Waals surface area contributed by atoms with E-state index in [9.17, 15) is 0 Å². The van der Waals surface area contributed by atoms with Crippen LogP contribution in [0.3, 0.4) is 0 Å². The Morgan fingerprint density at radius 2 is 2.31 bits per heavy atom. The molecule has 0 radical (unpaired) electrons. The number of hydrogen-bond acceptors (Lipinski definition) is 4. The first-order valence-electron chi connectivity index (χ1n) is 6.39. The van der Waals surface area contributed by atoms with Gasteiger partial charge in [-0.15, -0.1) is 0 Å². The molecule has 0 amide bonds. The minimum absolute atomic E-state index is 0.0852. The van der Waals surface area contributed by atoms with E-state index in [4.69, 9.17) is 10.8 Å². The number of aliphatic hydroxyl groups is 1. The number of nitrogens with one attached hydrogen (secondary N) is 1. The molecule has 1 aliphatic rings. The van der Waals surface area contributed by atoms with E-state index in [1.54, 1.807) is 0 Å². The molecular weight excluding hydrogens is 202 g/mol. The molecule has 0 spiro atoms. The summed E-state index contributed by atoms with van der Waals surface area (Å²) in [5.41, 5.74) is 6.02. The number of rotatable bonds is 6. The largest absolute Gasteiger partial charge is 0.396 e. The van der Waals surface area contributed by atoms with Crippen LogP contribution in [0.15, 0.2) is 0 Å². The summed E-state index contributed by atoms with van der Waals surface area (Å²) in [6, 6.07) is 0.433. The van der Waals surface area contributed by atoms with Crippen LogP contribution in [-0.2, 0) is 0 Å². The van der Waals surface area contributed by atoms with Crippen LogP contribution in [0.1, 0.15) is 32.6 Å². The molecule has 1 fully saturated rings. The van der Waals surface area contributed by atoms with Gasteiger partial charge in [0.25, 0.3) is 0 Å². The van der Waals surface area contributed by atoms with Crippen LogP contribution in [0, 0.1) is 0 Å². The summed E-state index contributed by atoms with van der Waals surface area (Å²) in [5.74, 6) is 0. The second-order valence-electron chi connectivity index (χ2n) is 5.24. The van der Waals surface area contributed by atoms with Gasteiger partial charge in [0.15, 0.2) is 0 Å². The van der Waals surface area contributed by atoms with Crippen LogP contribution < -0.4 is 11.1 Å². The van der Waals surface area contributed by atoms with Crippen molar-refractivity contribution < 1.29 is 5.11 Å². The average molecular weight is 229 g/mol. The molecule has 0 aromatic rings. The van der Waals surface area contributed by atoms with Gasteiger partial charge in [-0.05, 0) is 46.2 Å². The quantitative estimate of drug-likeness (QED) is 0.607. The molecule has 1 aliphatic heterocycles. The number of piperidine rings is 1. The third-order valence-corrected chi connectivity index (χ3v) is 3.51. The number of hydrogen-bond donors (Lipinski definition) is 3. The van der Waals surface area contributed by atoms with Crippen LogP contribution in [0.25, 0.3) is 0 Å². The smallest absolute Gasteiger partial charge is 0.0434 e. The lowest BCUT2D eigenvalue weighted by Gasteiger charge is -2.43. The predicted molar refractivity (Wildman–Crippen MR) is 67.4 cm³/mol. The third kappa shape index (κ3) is 4.01. The minimum atomic E-state index is 0.0852. The molecule has 2 atom stereocenters. The highest BCUT2D eigenvalue weighted by molar-refractivity contribution is 4.96. The maximum Gasteiger partial charge on any atom is 0.0434 e. The van der Waals surface area contributed by atoms with E-state index in [0.717, 1.165) is 25.8 Å². The van der Waals surface area contributed by atoms with Crippen LogP contribution in [0.5, 0.6) is 0 Å². The monoisotopic (exact) mass is 229 g/mol. The van der Waals surface area contributed by atoms with Gasteiger partial charge in [-0.1, -0.05) is 0 Å². The van der Waals surface area contributed by atoms with E-state index in [-0.39, 0.29) is 12.1 Å². The van der Waals surface area contributed by atoms with Gasteiger partial charge in [0.2, 0.25) is 0 Å². The first kappa shape index (κ1) is 13.9. The molecule has 16 heavy (non-hydrogen) atoms. The van der Waals surface area contributed by atoms with Gasteiger partial charge < -0.3 is 21.1 Å². The summed E-state index contributed by atoms with van der Waals surface area (Å²) in [6.45, 7) is 5.37.